The van der Waals surface area contributed by atoms with Gasteiger partial charge in [-0.2, -0.15) is 0 Å². The zero-order valence-electron chi connectivity index (χ0n) is 12.3. The maximum atomic E-state index is 5.95. The summed E-state index contributed by atoms with van der Waals surface area (Å²) in [7, 11) is 0. The van der Waals surface area contributed by atoms with Crippen LogP contribution >= 0.6 is 11.8 Å². The second kappa shape index (κ2) is 7.20. The summed E-state index contributed by atoms with van der Waals surface area (Å²) in [6.45, 7) is 2.64. The number of aromatic amines is 1. The number of rotatable bonds is 5. The zero-order chi connectivity index (χ0) is 14.7. The van der Waals surface area contributed by atoms with Crippen molar-refractivity contribution >= 4 is 28.5 Å². The number of hydrogen-bond acceptors (Lipinski definition) is 4. The van der Waals surface area contributed by atoms with Crippen molar-refractivity contribution in [2.75, 3.05) is 12.3 Å². The van der Waals surface area contributed by atoms with Crippen LogP contribution in [0.3, 0.4) is 0 Å². The van der Waals surface area contributed by atoms with Gasteiger partial charge in [-0.05, 0) is 30.7 Å². The maximum absolute atomic E-state index is 5.95. The molecule has 3 rings (SSSR count). The second-order valence-corrected chi connectivity index (χ2v) is 5.61. The van der Waals surface area contributed by atoms with Gasteiger partial charge < -0.3 is 20.9 Å². The molecule has 0 amide bonds. The first-order valence-electron chi connectivity index (χ1n) is 6.85. The molecule has 0 radical (unpaired) electrons. The van der Waals surface area contributed by atoms with Crippen molar-refractivity contribution in [2.24, 2.45) is 0 Å². The number of nitrogen functional groups attached to an aromatic ring is 1. The number of H-pyrrole nitrogens is 1. The lowest BCUT2D eigenvalue weighted by atomic mass is 10.2. The average molecular weight is 317 g/mol. The highest BCUT2D eigenvalue weighted by Gasteiger charge is 2.06. The van der Waals surface area contributed by atoms with Crippen molar-refractivity contribution in [2.45, 2.75) is 17.8 Å². The highest BCUT2D eigenvalue weighted by molar-refractivity contribution is 7.98. The summed E-state index contributed by atoms with van der Waals surface area (Å²) >= 11 is 1.65. The SMILES string of the molecule is CCOc1ccc2nc(SCc3ccccc3N)[nH]c2c1.O. The normalized spacial score (nSPS) is 10.4. The van der Waals surface area contributed by atoms with E-state index in [0.717, 1.165) is 38.9 Å². The number of imidazole rings is 1. The predicted molar refractivity (Wildman–Crippen MR) is 91.3 cm³/mol. The van der Waals surface area contributed by atoms with E-state index in [1.54, 1.807) is 11.8 Å². The summed E-state index contributed by atoms with van der Waals surface area (Å²) in [6, 6.07) is 13.8. The van der Waals surface area contributed by atoms with Crippen LogP contribution in [0, 0.1) is 0 Å². The van der Waals surface area contributed by atoms with Crippen LogP contribution in [-0.4, -0.2) is 22.1 Å². The van der Waals surface area contributed by atoms with E-state index in [1.807, 2.05) is 49.4 Å². The van der Waals surface area contributed by atoms with Gasteiger partial charge in [0.1, 0.15) is 5.75 Å². The third-order valence-corrected chi connectivity index (χ3v) is 4.08. The highest BCUT2D eigenvalue weighted by Crippen LogP contribution is 2.27. The molecule has 22 heavy (non-hydrogen) atoms. The molecular formula is C16H19N3O2S. The molecule has 0 spiro atoms. The number of aromatic nitrogens is 2. The van der Waals surface area contributed by atoms with E-state index < -0.39 is 0 Å². The number of nitrogens with one attached hydrogen (secondary N) is 1. The van der Waals surface area contributed by atoms with Crippen molar-refractivity contribution in [3.8, 4) is 5.75 Å². The molecule has 3 aromatic rings. The number of fused-ring (bicyclic) bond motifs is 1. The molecule has 0 fully saturated rings. The molecule has 0 aliphatic carbocycles. The number of anilines is 1. The Bertz CT molecular complexity index is 758. The molecule has 2 aromatic carbocycles. The quantitative estimate of drug-likeness (QED) is 0.558. The molecule has 0 aliphatic heterocycles. The van der Waals surface area contributed by atoms with Crippen LogP contribution in [0.4, 0.5) is 5.69 Å². The van der Waals surface area contributed by atoms with Gasteiger partial charge in [0.05, 0.1) is 17.6 Å². The van der Waals surface area contributed by atoms with Crippen molar-refractivity contribution in [1.82, 2.24) is 9.97 Å². The van der Waals surface area contributed by atoms with Gasteiger partial charge in [-0.25, -0.2) is 4.98 Å². The van der Waals surface area contributed by atoms with Gasteiger partial charge in [-0.1, -0.05) is 30.0 Å². The number of hydrogen-bond donors (Lipinski definition) is 2. The van der Waals surface area contributed by atoms with Crippen LogP contribution in [0.15, 0.2) is 47.6 Å². The smallest absolute Gasteiger partial charge is 0.166 e. The average Bonchev–Trinajstić information content (AvgIpc) is 2.89. The van der Waals surface area contributed by atoms with Crippen LogP contribution in [0.2, 0.25) is 0 Å². The van der Waals surface area contributed by atoms with E-state index in [4.69, 9.17) is 10.5 Å². The standard InChI is InChI=1S/C16H17N3OS.H2O/c1-2-20-12-7-8-14-15(9-12)19-16(18-14)21-10-11-5-3-4-6-13(11)17;/h3-9H,2,10,17H2,1H3,(H,18,19);1H2. The van der Waals surface area contributed by atoms with E-state index in [-0.39, 0.29) is 5.48 Å². The Kier molecular flexibility index (Phi) is 5.30. The topological polar surface area (TPSA) is 95.4 Å². The summed E-state index contributed by atoms with van der Waals surface area (Å²) in [5.41, 5.74) is 9.83. The largest absolute Gasteiger partial charge is 0.494 e. The van der Waals surface area contributed by atoms with Gasteiger partial charge in [0, 0.05) is 17.5 Å². The van der Waals surface area contributed by atoms with Crippen LogP contribution in [-0.2, 0) is 5.75 Å². The van der Waals surface area contributed by atoms with Gasteiger partial charge in [0.25, 0.3) is 0 Å². The molecular weight excluding hydrogens is 298 g/mol. The third-order valence-electron chi connectivity index (χ3n) is 3.16. The first-order chi connectivity index (χ1) is 10.3. The minimum Gasteiger partial charge on any atom is -0.494 e. The van der Waals surface area contributed by atoms with Crippen molar-refractivity contribution in [3.05, 3.63) is 48.0 Å². The summed E-state index contributed by atoms with van der Waals surface area (Å²) in [4.78, 5) is 7.88. The number of thioether (sulfide) groups is 1. The van der Waals surface area contributed by atoms with Gasteiger partial charge >= 0.3 is 0 Å². The number of ether oxygens (including phenoxy) is 1. The Morgan fingerprint density at radius 2 is 2.05 bits per heavy atom. The van der Waals surface area contributed by atoms with E-state index in [9.17, 15) is 0 Å². The Hall–Kier alpha value is -2.18. The maximum Gasteiger partial charge on any atom is 0.166 e. The van der Waals surface area contributed by atoms with Crippen molar-refractivity contribution in [3.63, 3.8) is 0 Å². The predicted octanol–water partition coefficient (Wildman–Crippen LogP) is 3.01. The molecule has 0 unspecified atom stereocenters. The number of nitrogens with two attached hydrogens (primary N) is 1. The van der Waals surface area contributed by atoms with Gasteiger partial charge in [-0.15, -0.1) is 0 Å². The number of nitrogens with zero attached hydrogens (tertiary/aromatic N) is 1. The number of benzene rings is 2. The minimum absolute atomic E-state index is 0. The van der Waals surface area contributed by atoms with E-state index in [1.165, 1.54) is 0 Å². The fourth-order valence-corrected chi connectivity index (χ4v) is 3.00. The van der Waals surface area contributed by atoms with Gasteiger partial charge in [-0.3, -0.25) is 0 Å². The van der Waals surface area contributed by atoms with Gasteiger partial charge in [0.2, 0.25) is 0 Å². The third kappa shape index (κ3) is 3.52. The Balaban J connectivity index is 0.00000176. The molecule has 5 nitrogen and oxygen atoms in total. The van der Waals surface area contributed by atoms with E-state index in [2.05, 4.69) is 9.97 Å². The highest BCUT2D eigenvalue weighted by atomic mass is 32.2. The van der Waals surface area contributed by atoms with Gasteiger partial charge in [0.15, 0.2) is 5.16 Å². The number of para-hydroxylation sites is 1. The molecule has 6 heteroatoms. The summed E-state index contributed by atoms with van der Waals surface area (Å²) in [5, 5.41) is 0.891. The fraction of sp³-hybridized carbons (Fsp3) is 0.188. The van der Waals surface area contributed by atoms with Crippen LogP contribution in [0.5, 0.6) is 5.75 Å². The lowest BCUT2D eigenvalue weighted by molar-refractivity contribution is 0.340. The first-order valence-corrected chi connectivity index (χ1v) is 7.83. The minimum atomic E-state index is 0. The molecule has 0 saturated carbocycles. The zero-order valence-corrected chi connectivity index (χ0v) is 13.1. The Labute approximate surface area is 133 Å². The molecule has 5 N–H and O–H groups in total. The summed E-state index contributed by atoms with van der Waals surface area (Å²) in [6.07, 6.45) is 0. The summed E-state index contributed by atoms with van der Waals surface area (Å²) < 4.78 is 5.50. The van der Waals surface area contributed by atoms with Crippen molar-refractivity contribution in [1.29, 1.82) is 0 Å². The van der Waals surface area contributed by atoms with Crippen LogP contribution < -0.4 is 10.5 Å². The molecule has 0 aliphatic rings. The fourth-order valence-electron chi connectivity index (χ4n) is 2.10. The Morgan fingerprint density at radius 1 is 1.23 bits per heavy atom. The van der Waals surface area contributed by atoms with Crippen molar-refractivity contribution < 1.29 is 10.2 Å². The van der Waals surface area contributed by atoms with Crippen LogP contribution in [0.25, 0.3) is 11.0 Å². The molecule has 1 aromatic heterocycles. The Morgan fingerprint density at radius 3 is 2.82 bits per heavy atom. The monoisotopic (exact) mass is 317 g/mol. The summed E-state index contributed by atoms with van der Waals surface area (Å²) in [5.74, 6) is 1.66. The van der Waals surface area contributed by atoms with E-state index in [0.29, 0.717) is 6.61 Å². The molecule has 0 atom stereocenters. The molecule has 0 saturated heterocycles. The van der Waals surface area contributed by atoms with Crippen LogP contribution in [0.1, 0.15) is 12.5 Å². The van der Waals surface area contributed by atoms with E-state index >= 15 is 0 Å². The second-order valence-electron chi connectivity index (χ2n) is 4.64. The molecule has 1 heterocycles. The molecule has 0 bridgehead atoms. The lowest BCUT2D eigenvalue weighted by Crippen LogP contribution is -1.91. The first kappa shape index (κ1) is 16.2. The lowest BCUT2D eigenvalue weighted by Gasteiger charge is -2.02. The molecule has 116 valence electrons.